The van der Waals surface area contributed by atoms with Crippen molar-refractivity contribution in [3.8, 4) is 0 Å². The molecule has 0 aliphatic rings. The molecule has 0 aliphatic heterocycles. The number of nitrogens with one attached hydrogen (secondary N) is 2. The molecule has 2 rings (SSSR count). The van der Waals surface area contributed by atoms with Crippen molar-refractivity contribution in [2.45, 2.75) is 19.4 Å². The fraction of sp³-hybridized carbons (Fsp3) is 0.333. The molecular weight excluding hydrogens is 222 g/mol. The van der Waals surface area contributed by atoms with Crippen LogP contribution in [0, 0.1) is 0 Å². The third-order valence-electron chi connectivity index (χ3n) is 2.37. The minimum absolute atomic E-state index is 0.0875. The van der Waals surface area contributed by atoms with Crippen LogP contribution in [0.2, 0.25) is 0 Å². The van der Waals surface area contributed by atoms with E-state index in [1.165, 1.54) is 0 Å². The lowest BCUT2D eigenvalue weighted by Gasteiger charge is -2.23. The standard InChI is InChI=1S/C9H13N7O/c1-9(2,7(10)17)15-5-4-3-12-16-6(4)14-8(11)13-5/h3H,1-2H3,(H2,10,17)(H4,11,12,13,14,15,16). The maximum atomic E-state index is 11.2. The van der Waals surface area contributed by atoms with Gasteiger partial charge in [0.05, 0.1) is 11.6 Å². The maximum absolute atomic E-state index is 11.2. The molecule has 8 heteroatoms. The first-order valence-corrected chi connectivity index (χ1v) is 4.95. The predicted molar refractivity (Wildman–Crippen MR) is 63.0 cm³/mol. The number of amides is 1. The van der Waals surface area contributed by atoms with Gasteiger partial charge in [0, 0.05) is 0 Å². The molecule has 0 fully saturated rings. The molecule has 0 saturated carbocycles. The van der Waals surface area contributed by atoms with Gasteiger partial charge in [-0.1, -0.05) is 0 Å². The Hall–Kier alpha value is -2.38. The SMILES string of the molecule is CC(C)(Nc1nc(N)nc2[nH]ncc12)C(N)=O. The number of fused-ring (bicyclic) bond motifs is 1. The molecule has 0 aromatic carbocycles. The van der Waals surface area contributed by atoms with Crippen molar-refractivity contribution >= 4 is 28.7 Å². The van der Waals surface area contributed by atoms with Crippen LogP contribution in [0.15, 0.2) is 6.20 Å². The summed E-state index contributed by atoms with van der Waals surface area (Å²) in [6, 6.07) is 0. The second-order valence-electron chi connectivity index (χ2n) is 4.18. The number of H-pyrrole nitrogens is 1. The molecule has 17 heavy (non-hydrogen) atoms. The van der Waals surface area contributed by atoms with Crippen LogP contribution in [-0.2, 0) is 4.79 Å². The predicted octanol–water partition coefficient (Wildman–Crippen LogP) is -0.389. The first kappa shape index (κ1) is 11.1. The number of nitrogen functional groups attached to an aromatic ring is 1. The van der Waals surface area contributed by atoms with Gasteiger partial charge in [-0.15, -0.1) is 0 Å². The summed E-state index contributed by atoms with van der Waals surface area (Å²) in [6.45, 7) is 3.30. The molecule has 2 aromatic rings. The van der Waals surface area contributed by atoms with Gasteiger partial charge < -0.3 is 16.8 Å². The van der Waals surface area contributed by atoms with Crippen LogP contribution in [0.4, 0.5) is 11.8 Å². The first-order valence-electron chi connectivity index (χ1n) is 4.95. The first-order chi connectivity index (χ1) is 7.90. The van der Waals surface area contributed by atoms with Crippen molar-refractivity contribution in [3.63, 3.8) is 0 Å². The summed E-state index contributed by atoms with van der Waals surface area (Å²) in [6.07, 6.45) is 1.55. The Bertz CT molecular complexity index is 574. The van der Waals surface area contributed by atoms with Crippen LogP contribution in [0.1, 0.15) is 13.8 Å². The second kappa shape index (κ2) is 3.58. The van der Waals surface area contributed by atoms with Gasteiger partial charge in [0.25, 0.3) is 0 Å². The molecule has 0 saturated heterocycles. The van der Waals surface area contributed by atoms with Crippen molar-refractivity contribution in [2.24, 2.45) is 5.73 Å². The van der Waals surface area contributed by atoms with Crippen molar-refractivity contribution < 1.29 is 4.79 Å². The quantitative estimate of drug-likeness (QED) is 0.572. The number of rotatable bonds is 3. The molecular formula is C9H13N7O. The minimum atomic E-state index is -0.939. The number of primary amides is 1. The van der Waals surface area contributed by atoms with Gasteiger partial charge in [0.2, 0.25) is 11.9 Å². The van der Waals surface area contributed by atoms with Crippen LogP contribution in [0.5, 0.6) is 0 Å². The van der Waals surface area contributed by atoms with Crippen LogP contribution in [-0.4, -0.2) is 31.6 Å². The number of anilines is 2. The van der Waals surface area contributed by atoms with Gasteiger partial charge in [-0.05, 0) is 13.8 Å². The molecule has 1 amide bonds. The number of aromatic amines is 1. The molecule has 0 unspecified atom stereocenters. The Morgan fingerprint density at radius 2 is 2.18 bits per heavy atom. The average molecular weight is 235 g/mol. The van der Waals surface area contributed by atoms with Gasteiger partial charge >= 0.3 is 0 Å². The summed E-state index contributed by atoms with van der Waals surface area (Å²) in [5.74, 6) is 0.0147. The molecule has 2 heterocycles. The Morgan fingerprint density at radius 1 is 1.47 bits per heavy atom. The van der Waals surface area contributed by atoms with Crippen LogP contribution in [0.25, 0.3) is 11.0 Å². The molecule has 90 valence electrons. The van der Waals surface area contributed by atoms with Crippen molar-refractivity contribution in [1.82, 2.24) is 20.2 Å². The summed E-state index contributed by atoms with van der Waals surface area (Å²) < 4.78 is 0. The van der Waals surface area contributed by atoms with E-state index in [0.29, 0.717) is 16.9 Å². The third-order valence-corrected chi connectivity index (χ3v) is 2.37. The highest BCUT2D eigenvalue weighted by Gasteiger charge is 2.26. The number of hydrogen-bond donors (Lipinski definition) is 4. The summed E-state index contributed by atoms with van der Waals surface area (Å²) in [5, 5.41) is 10.1. The number of nitrogens with two attached hydrogens (primary N) is 2. The molecule has 6 N–H and O–H groups in total. The molecule has 0 bridgehead atoms. The summed E-state index contributed by atoms with van der Waals surface area (Å²) >= 11 is 0. The van der Waals surface area contributed by atoms with E-state index in [1.54, 1.807) is 20.0 Å². The lowest BCUT2D eigenvalue weighted by molar-refractivity contribution is -0.121. The summed E-state index contributed by atoms with van der Waals surface area (Å²) in [5.41, 5.74) is 10.4. The Kier molecular flexibility index (Phi) is 2.34. The summed E-state index contributed by atoms with van der Waals surface area (Å²) in [7, 11) is 0. The van der Waals surface area contributed by atoms with Crippen molar-refractivity contribution in [2.75, 3.05) is 11.1 Å². The molecule has 8 nitrogen and oxygen atoms in total. The van der Waals surface area contributed by atoms with Gasteiger partial charge in [0.15, 0.2) is 5.65 Å². The molecule has 0 atom stereocenters. The van der Waals surface area contributed by atoms with E-state index in [9.17, 15) is 4.79 Å². The lowest BCUT2D eigenvalue weighted by Crippen LogP contribution is -2.45. The van der Waals surface area contributed by atoms with Gasteiger partial charge in [-0.2, -0.15) is 15.1 Å². The van der Waals surface area contributed by atoms with E-state index < -0.39 is 11.4 Å². The highest BCUT2D eigenvalue weighted by Crippen LogP contribution is 2.22. The minimum Gasteiger partial charge on any atom is -0.368 e. The average Bonchev–Trinajstić information content (AvgIpc) is 2.64. The second-order valence-corrected chi connectivity index (χ2v) is 4.18. The highest BCUT2D eigenvalue weighted by molar-refractivity contribution is 5.92. The van der Waals surface area contributed by atoms with Gasteiger partial charge in [-0.3, -0.25) is 9.89 Å². The van der Waals surface area contributed by atoms with Crippen LogP contribution >= 0.6 is 0 Å². The van der Waals surface area contributed by atoms with E-state index in [0.717, 1.165) is 0 Å². The van der Waals surface area contributed by atoms with E-state index in [4.69, 9.17) is 11.5 Å². The molecule has 0 spiro atoms. The Balaban J connectivity index is 2.48. The number of carbonyl (C=O) groups is 1. The zero-order chi connectivity index (χ0) is 12.6. The van der Waals surface area contributed by atoms with E-state index >= 15 is 0 Å². The zero-order valence-corrected chi connectivity index (χ0v) is 9.48. The topological polar surface area (TPSA) is 136 Å². The highest BCUT2D eigenvalue weighted by atomic mass is 16.1. The normalized spacial score (nSPS) is 11.6. The summed E-state index contributed by atoms with van der Waals surface area (Å²) in [4.78, 5) is 19.2. The largest absolute Gasteiger partial charge is 0.368 e. The van der Waals surface area contributed by atoms with Crippen LogP contribution < -0.4 is 16.8 Å². The molecule has 0 radical (unpaired) electrons. The number of aromatic nitrogens is 4. The van der Waals surface area contributed by atoms with Crippen molar-refractivity contribution in [3.05, 3.63) is 6.20 Å². The smallest absolute Gasteiger partial charge is 0.242 e. The lowest BCUT2D eigenvalue weighted by atomic mass is 10.1. The molecule has 2 aromatic heterocycles. The monoisotopic (exact) mass is 235 g/mol. The van der Waals surface area contributed by atoms with E-state index in [-0.39, 0.29) is 5.95 Å². The maximum Gasteiger partial charge on any atom is 0.242 e. The number of carbonyl (C=O) groups excluding carboxylic acids is 1. The third kappa shape index (κ3) is 1.96. The zero-order valence-electron chi connectivity index (χ0n) is 9.48. The van der Waals surface area contributed by atoms with Crippen LogP contribution in [0.3, 0.4) is 0 Å². The number of nitrogens with zero attached hydrogens (tertiary/aromatic N) is 3. The molecule has 0 aliphatic carbocycles. The Morgan fingerprint density at radius 3 is 2.82 bits per heavy atom. The fourth-order valence-corrected chi connectivity index (χ4v) is 1.31. The van der Waals surface area contributed by atoms with Gasteiger partial charge in [-0.25, -0.2) is 0 Å². The number of hydrogen-bond acceptors (Lipinski definition) is 6. The van der Waals surface area contributed by atoms with E-state index in [1.807, 2.05) is 0 Å². The Labute approximate surface area is 96.8 Å². The van der Waals surface area contributed by atoms with E-state index in [2.05, 4.69) is 25.5 Å². The van der Waals surface area contributed by atoms with Gasteiger partial charge in [0.1, 0.15) is 11.4 Å². The van der Waals surface area contributed by atoms with Crippen molar-refractivity contribution in [1.29, 1.82) is 0 Å². The fourth-order valence-electron chi connectivity index (χ4n) is 1.31.